The van der Waals surface area contributed by atoms with E-state index in [0.29, 0.717) is 11.8 Å². The van der Waals surface area contributed by atoms with Crippen LogP contribution in [0.1, 0.15) is 56.8 Å². The van der Waals surface area contributed by atoms with Gasteiger partial charge in [0.15, 0.2) is 0 Å². The van der Waals surface area contributed by atoms with Gasteiger partial charge in [-0.3, -0.25) is 0 Å². The third kappa shape index (κ3) is 2.67. The van der Waals surface area contributed by atoms with Gasteiger partial charge in [-0.05, 0) is 24.9 Å². The molecule has 1 rings (SSSR count). The maximum atomic E-state index is 6.11. The van der Waals surface area contributed by atoms with Crippen LogP contribution in [-0.4, -0.2) is 14.7 Å². The van der Waals surface area contributed by atoms with E-state index in [0.717, 1.165) is 17.3 Å². The Hall–Kier alpha value is -0.150. The average Bonchev–Trinajstić information content (AvgIpc) is 2.53. The molecule has 1 heterocycles. The van der Waals surface area contributed by atoms with E-state index in [1.165, 1.54) is 11.5 Å². The fourth-order valence-electron chi connectivity index (χ4n) is 1.33. The minimum atomic E-state index is 0.132. The van der Waals surface area contributed by atoms with Gasteiger partial charge in [0.2, 0.25) is 0 Å². The fraction of sp³-hybridized carbons (Fsp3) is 0.800. The van der Waals surface area contributed by atoms with E-state index in [2.05, 4.69) is 30.1 Å². The van der Waals surface area contributed by atoms with Crippen molar-refractivity contribution in [1.82, 2.24) is 9.36 Å². The van der Waals surface area contributed by atoms with E-state index in [4.69, 9.17) is 11.6 Å². The number of halogens is 1. The number of aromatic nitrogens is 2. The molecule has 4 heteroatoms. The summed E-state index contributed by atoms with van der Waals surface area (Å²) in [6.45, 7) is 8.37. The molecule has 0 saturated heterocycles. The predicted octanol–water partition coefficient (Wildman–Crippen LogP) is 3.78. The molecule has 2 nitrogen and oxygen atoms in total. The maximum absolute atomic E-state index is 6.11. The molecule has 80 valence electrons. The summed E-state index contributed by atoms with van der Waals surface area (Å²) in [5.41, 5.74) is 0. The average molecular weight is 233 g/mol. The number of hydrogen-bond acceptors (Lipinski definition) is 3. The van der Waals surface area contributed by atoms with Gasteiger partial charge in [0.1, 0.15) is 10.8 Å². The molecule has 14 heavy (non-hydrogen) atoms. The lowest BCUT2D eigenvalue weighted by Crippen LogP contribution is -2.08. The molecule has 0 fully saturated rings. The zero-order valence-corrected chi connectivity index (χ0v) is 10.7. The fourth-order valence-corrected chi connectivity index (χ4v) is 2.78. The van der Waals surface area contributed by atoms with Crippen LogP contribution in [0.25, 0.3) is 0 Å². The van der Waals surface area contributed by atoms with Crippen molar-refractivity contribution in [2.75, 3.05) is 0 Å². The summed E-state index contributed by atoms with van der Waals surface area (Å²) >= 11 is 7.60. The Kier molecular flexibility index (Phi) is 4.32. The van der Waals surface area contributed by atoms with Gasteiger partial charge >= 0.3 is 0 Å². The van der Waals surface area contributed by atoms with Crippen LogP contribution in [0.4, 0.5) is 0 Å². The van der Waals surface area contributed by atoms with E-state index < -0.39 is 0 Å². The summed E-state index contributed by atoms with van der Waals surface area (Å²) < 4.78 is 4.34. The smallest absolute Gasteiger partial charge is 0.145 e. The lowest BCUT2D eigenvalue weighted by atomic mass is 10.0. The molecule has 0 saturated carbocycles. The molecule has 0 aromatic carbocycles. The van der Waals surface area contributed by atoms with Gasteiger partial charge < -0.3 is 0 Å². The van der Waals surface area contributed by atoms with Crippen LogP contribution in [0.3, 0.4) is 0 Å². The van der Waals surface area contributed by atoms with Crippen LogP contribution < -0.4 is 0 Å². The predicted molar refractivity (Wildman–Crippen MR) is 62.3 cm³/mol. The van der Waals surface area contributed by atoms with Crippen molar-refractivity contribution < 1.29 is 0 Å². The summed E-state index contributed by atoms with van der Waals surface area (Å²) in [5, 5.41) is 1.21. The van der Waals surface area contributed by atoms with Crippen LogP contribution in [0.5, 0.6) is 0 Å². The third-order valence-electron chi connectivity index (χ3n) is 2.29. The molecule has 0 aliphatic rings. The summed E-state index contributed by atoms with van der Waals surface area (Å²) in [5.74, 6) is 1.70. The first-order valence-corrected chi connectivity index (χ1v) is 6.24. The third-order valence-corrected chi connectivity index (χ3v) is 3.45. The second-order valence-corrected chi connectivity index (χ2v) is 5.31. The molecule has 1 aromatic heterocycles. The molecule has 0 amide bonds. The first kappa shape index (κ1) is 11.9. The topological polar surface area (TPSA) is 25.8 Å². The second kappa shape index (κ2) is 5.08. The molecule has 0 N–H and O–H groups in total. The molecule has 2 atom stereocenters. The Balaban J connectivity index is 2.84. The van der Waals surface area contributed by atoms with Crippen LogP contribution in [0.15, 0.2) is 0 Å². The lowest BCUT2D eigenvalue weighted by molar-refractivity contribution is 0.638. The second-order valence-electron chi connectivity index (χ2n) is 3.84. The molecule has 2 unspecified atom stereocenters. The number of alkyl halides is 1. The van der Waals surface area contributed by atoms with Crippen molar-refractivity contribution in [1.29, 1.82) is 0 Å². The number of nitrogens with zero attached hydrogens (tertiary/aromatic N) is 2. The molecule has 0 radical (unpaired) electrons. The van der Waals surface area contributed by atoms with Gasteiger partial charge in [0, 0.05) is 17.2 Å². The van der Waals surface area contributed by atoms with Crippen molar-refractivity contribution in [2.24, 2.45) is 0 Å². The molecular weight excluding hydrogens is 216 g/mol. The molecule has 0 aliphatic heterocycles. The summed E-state index contributed by atoms with van der Waals surface area (Å²) in [6, 6.07) is 0. The summed E-state index contributed by atoms with van der Waals surface area (Å²) in [6.07, 6.45) is 1.03. The van der Waals surface area contributed by atoms with Gasteiger partial charge in [0.25, 0.3) is 0 Å². The first-order valence-electron chi connectivity index (χ1n) is 5.03. The molecule has 0 bridgehead atoms. The zero-order chi connectivity index (χ0) is 10.7. The normalized spacial score (nSPS) is 15.9. The van der Waals surface area contributed by atoms with Crippen molar-refractivity contribution >= 4 is 23.1 Å². The Bertz CT molecular complexity index is 283. The standard InChI is InChI=1S/C10H17ClN2S/c1-5-8(7(4)11)10-12-9(6(2)3)13-14-10/h6-8H,5H2,1-4H3. The van der Waals surface area contributed by atoms with Crippen LogP contribution in [0.2, 0.25) is 0 Å². The highest BCUT2D eigenvalue weighted by Gasteiger charge is 2.20. The SMILES string of the molecule is CCC(c1nc(C(C)C)ns1)C(C)Cl. The number of rotatable bonds is 4. The Morgan fingerprint density at radius 2 is 2.00 bits per heavy atom. The van der Waals surface area contributed by atoms with Crippen molar-refractivity contribution in [3.8, 4) is 0 Å². The quantitative estimate of drug-likeness (QED) is 0.739. The first-order chi connectivity index (χ1) is 6.56. The van der Waals surface area contributed by atoms with Crippen LogP contribution >= 0.6 is 23.1 Å². The van der Waals surface area contributed by atoms with E-state index in [-0.39, 0.29) is 5.38 Å². The van der Waals surface area contributed by atoms with Crippen molar-refractivity contribution in [2.45, 2.75) is 51.3 Å². The van der Waals surface area contributed by atoms with Crippen LogP contribution in [-0.2, 0) is 0 Å². The minimum Gasteiger partial charge on any atom is -0.224 e. The Labute approximate surface area is 94.9 Å². The molecule has 0 spiro atoms. The zero-order valence-electron chi connectivity index (χ0n) is 9.12. The molecular formula is C10H17ClN2S. The van der Waals surface area contributed by atoms with Crippen molar-refractivity contribution in [3.05, 3.63) is 10.8 Å². The highest BCUT2D eigenvalue weighted by molar-refractivity contribution is 7.05. The van der Waals surface area contributed by atoms with Gasteiger partial charge in [0.05, 0.1) is 0 Å². The molecule has 0 aliphatic carbocycles. The molecule has 1 aromatic rings. The maximum Gasteiger partial charge on any atom is 0.145 e. The largest absolute Gasteiger partial charge is 0.224 e. The summed E-state index contributed by atoms with van der Waals surface area (Å²) in [7, 11) is 0. The highest BCUT2D eigenvalue weighted by atomic mass is 35.5. The van der Waals surface area contributed by atoms with Crippen LogP contribution in [0, 0.1) is 0 Å². The monoisotopic (exact) mass is 232 g/mol. The number of hydrogen-bond donors (Lipinski definition) is 0. The van der Waals surface area contributed by atoms with Gasteiger partial charge in [-0.15, -0.1) is 11.6 Å². The van der Waals surface area contributed by atoms with E-state index in [1.54, 1.807) is 0 Å². The van der Waals surface area contributed by atoms with Gasteiger partial charge in [-0.2, -0.15) is 4.37 Å². The van der Waals surface area contributed by atoms with Crippen molar-refractivity contribution in [3.63, 3.8) is 0 Å². The van der Waals surface area contributed by atoms with E-state index in [9.17, 15) is 0 Å². The minimum absolute atomic E-state index is 0.132. The van der Waals surface area contributed by atoms with E-state index >= 15 is 0 Å². The van der Waals surface area contributed by atoms with Gasteiger partial charge in [-0.1, -0.05) is 20.8 Å². The summed E-state index contributed by atoms with van der Waals surface area (Å²) in [4.78, 5) is 4.53. The van der Waals surface area contributed by atoms with Gasteiger partial charge in [-0.25, -0.2) is 4.98 Å². The highest BCUT2D eigenvalue weighted by Crippen LogP contribution is 2.29. The lowest BCUT2D eigenvalue weighted by Gasteiger charge is -2.13. The Morgan fingerprint density at radius 3 is 2.36 bits per heavy atom. The Morgan fingerprint density at radius 1 is 1.36 bits per heavy atom. The van der Waals surface area contributed by atoms with E-state index in [1.807, 2.05) is 6.92 Å².